The number of anilines is 1. The van der Waals surface area contributed by atoms with Crippen molar-refractivity contribution in [3.05, 3.63) is 18.1 Å². The molecule has 0 spiro atoms. The molecule has 1 aliphatic carbocycles. The maximum atomic E-state index is 12.3. The number of nitrogens with zero attached hydrogens (tertiary/aromatic N) is 4. The lowest BCUT2D eigenvalue weighted by atomic mass is 10.2. The third-order valence-electron chi connectivity index (χ3n) is 4.18. The molecule has 0 unspecified atom stereocenters. The summed E-state index contributed by atoms with van der Waals surface area (Å²) in [5.41, 5.74) is -0.459. The van der Waals surface area contributed by atoms with Crippen LogP contribution in [0, 0.1) is 0 Å². The van der Waals surface area contributed by atoms with E-state index in [1.165, 1.54) is 12.8 Å². The molecule has 1 atom stereocenters. The van der Waals surface area contributed by atoms with Gasteiger partial charge in [0.15, 0.2) is 0 Å². The van der Waals surface area contributed by atoms with Crippen LogP contribution < -0.4 is 4.90 Å². The molecule has 2 aliphatic rings. The van der Waals surface area contributed by atoms with Crippen molar-refractivity contribution in [1.29, 1.82) is 0 Å². The molecule has 1 saturated carbocycles. The molecule has 1 amide bonds. The minimum atomic E-state index is -0.459. The molecule has 0 bridgehead atoms. The molecule has 3 rings (SSSR count). The van der Waals surface area contributed by atoms with Crippen LogP contribution in [0.15, 0.2) is 12.3 Å². The van der Waals surface area contributed by atoms with Gasteiger partial charge in [-0.25, -0.2) is 14.8 Å². The van der Waals surface area contributed by atoms with Crippen LogP contribution in [0.5, 0.6) is 0 Å². The molecule has 126 valence electrons. The van der Waals surface area contributed by atoms with E-state index < -0.39 is 5.60 Å². The Hall–Kier alpha value is -1.85. The van der Waals surface area contributed by atoms with Gasteiger partial charge in [-0.3, -0.25) is 0 Å². The molecule has 2 fully saturated rings. The smallest absolute Gasteiger partial charge is 0.410 e. The van der Waals surface area contributed by atoms with E-state index in [9.17, 15) is 4.79 Å². The molecular weight excluding hydrogens is 292 g/mol. The minimum absolute atomic E-state index is 0.0953. The Kier molecular flexibility index (Phi) is 4.17. The molecule has 0 radical (unpaired) electrons. The first-order valence-electron chi connectivity index (χ1n) is 8.41. The molecule has 1 aromatic rings. The highest BCUT2D eigenvalue weighted by Gasteiger charge is 2.32. The Bertz CT molecular complexity index is 580. The van der Waals surface area contributed by atoms with Crippen LogP contribution in [0.1, 0.15) is 52.3 Å². The first-order valence-corrected chi connectivity index (χ1v) is 8.41. The molecule has 0 aromatic carbocycles. The third-order valence-corrected chi connectivity index (χ3v) is 4.18. The highest BCUT2D eigenvalue weighted by atomic mass is 16.6. The van der Waals surface area contributed by atoms with Gasteiger partial charge in [0, 0.05) is 37.8 Å². The summed E-state index contributed by atoms with van der Waals surface area (Å²) >= 11 is 0. The average Bonchev–Trinajstić information content (AvgIpc) is 3.30. The Labute approximate surface area is 137 Å². The van der Waals surface area contributed by atoms with E-state index >= 15 is 0 Å². The number of aromatic nitrogens is 2. The van der Waals surface area contributed by atoms with Gasteiger partial charge in [-0.2, -0.15) is 0 Å². The zero-order chi connectivity index (χ0) is 16.6. The van der Waals surface area contributed by atoms with Gasteiger partial charge in [-0.1, -0.05) is 0 Å². The molecule has 6 heteroatoms. The zero-order valence-corrected chi connectivity index (χ0v) is 14.5. The topological polar surface area (TPSA) is 58.6 Å². The molecule has 1 aromatic heterocycles. The number of hydrogen-bond donors (Lipinski definition) is 0. The van der Waals surface area contributed by atoms with Crippen LogP contribution in [0.2, 0.25) is 0 Å². The lowest BCUT2D eigenvalue weighted by molar-refractivity contribution is 0.0158. The third kappa shape index (κ3) is 3.92. The number of ether oxygens (including phenoxy) is 1. The average molecular weight is 318 g/mol. The van der Waals surface area contributed by atoms with Gasteiger partial charge >= 0.3 is 6.09 Å². The van der Waals surface area contributed by atoms with Crippen molar-refractivity contribution in [1.82, 2.24) is 14.9 Å². The van der Waals surface area contributed by atoms with Gasteiger partial charge in [-0.15, -0.1) is 0 Å². The van der Waals surface area contributed by atoms with Crippen molar-refractivity contribution in [2.45, 2.75) is 58.1 Å². The standard InChI is InChI=1S/C17H26N4O2/c1-12-11-20(9-10-21(12)16(22)23-17(2,3)4)14-7-8-18-15(19-14)13-5-6-13/h7-8,12-13H,5-6,9-11H2,1-4H3/t12-/m1/s1. The summed E-state index contributed by atoms with van der Waals surface area (Å²) < 4.78 is 5.49. The van der Waals surface area contributed by atoms with Crippen LogP contribution in [-0.2, 0) is 4.74 Å². The quantitative estimate of drug-likeness (QED) is 0.839. The van der Waals surface area contributed by atoms with Gasteiger partial charge < -0.3 is 14.5 Å². The number of piperazine rings is 1. The van der Waals surface area contributed by atoms with Crippen LogP contribution in [0.3, 0.4) is 0 Å². The zero-order valence-electron chi connectivity index (χ0n) is 14.5. The second kappa shape index (κ2) is 5.98. The van der Waals surface area contributed by atoms with Gasteiger partial charge in [0.25, 0.3) is 0 Å². The fraction of sp³-hybridized carbons (Fsp3) is 0.706. The van der Waals surface area contributed by atoms with Crippen LogP contribution >= 0.6 is 0 Å². The van der Waals surface area contributed by atoms with Crippen LogP contribution in [-0.4, -0.2) is 52.2 Å². The fourth-order valence-electron chi connectivity index (χ4n) is 2.84. The summed E-state index contributed by atoms with van der Waals surface area (Å²) in [6.45, 7) is 9.92. The van der Waals surface area contributed by atoms with Crippen molar-refractivity contribution in [3.8, 4) is 0 Å². The summed E-state index contributed by atoms with van der Waals surface area (Å²) in [5.74, 6) is 2.48. The Balaban J connectivity index is 1.64. The monoisotopic (exact) mass is 318 g/mol. The van der Waals surface area contributed by atoms with E-state index in [2.05, 4.69) is 16.8 Å². The lowest BCUT2D eigenvalue weighted by Gasteiger charge is -2.40. The first-order chi connectivity index (χ1) is 10.8. The second-order valence-corrected chi connectivity index (χ2v) is 7.52. The largest absolute Gasteiger partial charge is 0.444 e. The summed E-state index contributed by atoms with van der Waals surface area (Å²) in [7, 11) is 0. The van der Waals surface area contributed by atoms with E-state index in [0.29, 0.717) is 12.5 Å². The minimum Gasteiger partial charge on any atom is -0.444 e. The van der Waals surface area contributed by atoms with Gasteiger partial charge in [-0.05, 0) is 46.6 Å². The maximum absolute atomic E-state index is 12.3. The summed E-state index contributed by atoms with van der Waals surface area (Å²) in [5, 5.41) is 0. The molecule has 0 N–H and O–H groups in total. The van der Waals surface area contributed by atoms with Crippen molar-refractivity contribution in [3.63, 3.8) is 0 Å². The number of amides is 1. The first kappa shape index (κ1) is 16.0. The summed E-state index contributed by atoms with van der Waals surface area (Å²) in [6, 6.07) is 2.06. The highest BCUT2D eigenvalue weighted by molar-refractivity contribution is 5.69. The Morgan fingerprint density at radius 1 is 1.30 bits per heavy atom. The van der Waals surface area contributed by atoms with Crippen molar-refractivity contribution in [2.75, 3.05) is 24.5 Å². The normalized spacial score (nSPS) is 22.2. The summed E-state index contributed by atoms with van der Waals surface area (Å²) in [4.78, 5) is 25.4. The summed E-state index contributed by atoms with van der Waals surface area (Å²) in [6.07, 6.45) is 4.02. The number of rotatable bonds is 2. The van der Waals surface area contributed by atoms with E-state index in [1.807, 2.05) is 37.9 Å². The van der Waals surface area contributed by atoms with Crippen LogP contribution in [0.4, 0.5) is 10.6 Å². The second-order valence-electron chi connectivity index (χ2n) is 7.52. The Morgan fingerprint density at radius 3 is 2.65 bits per heavy atom. The molecular formula is C17H26N4O2. The van der Waals surface area contributed by atoms with E-state index in [0.717, 1.165) is 24.7 Å². The lowest BCUT2D eigenvalue weighted by Crippen LogP contribution is -2.55. The molecule has 6 nitrogen and oxygen atoms in total. The number of carbonyl (C=O) groups excluding carboxylic acids is 1. The van der Waals surface area contributed by atoms with Crippen molar-refractivity contribution < 1.29 is 9.53 Å². The van der Waals surface area contributed by atoms with E-state index in [-0.39, 0.29) is 12.1 Å². The van der Waals surface area contributed by atoms with Gasteiger partial charge in [0.1, 0.15) is 17.2 Å². The predicted octanol–water partition coefficient (Wildman–Crippen LogP) is 2.80. The number of hydrogen-bond acceptors (Lipinski definition) is 5. The van der Waals surface area contributed by atoms with Crippen molar-refractivity contribution >= 4 is 11.9 Å². The van der Waals surface area contributed by atoms with E-state index in [4.69, 9.17) is 9.72 Å². The maximum Gasteiger partial charge on any atom is 0.410 e. The van der Waals surface area contributed by atoms with Crippen LogP contribution in [0.25, 0.3) is 0 Å². The fourth-order valence-corrected chi connectivity index (χ4v) is 2.84. The highest BCUT2D eigenvalue weighted by Crippen LogP contribution is 2.38. The predicted molar refractivity (Wildman–Crippen MR) is 88.6 cm³/mol. The van der Waals surface area contributed by atoms with Gasteiger partial charge in [0.05, 0.1) is 0 Å². The number of carbonyl (C=O) groups is 1. The molecule has 2 heterocycles. The Morgan fingerprint density at radius 2 is 2.04 bits per heavy atom. The molecule has 23 heavy (non-hydrogen) atoms. The molecule has 1 aliphatic heterocycles. The van der Waals surface area contributed by atoms with E-state index in [1.54, 1.807) is 0 Å². The van der Waals surface area contributed by atoms with Gasteiger partial charge in [0.2, 0.25) is 0 Å². The van der Waals surface area contributed by atoms with Crippen molar-refractivity contribution in [2.24, 2.45) is 0 Å². The molecule has 1 saturated heterocycles. The SMILES string of the molecule is C[C@@H]1CN(c2ccnc(C3CC3)n2)CCN1C(=O)OC(C)(C)C.